The third kappa shape index (κ3) is 4.55. The minimum Gasteiger partial charge on any atom is -0.289 e. The van der Waals surface area contributed by atoms with Gasteiger partial charge in [0.1, 0.15) is 0 Å². The highest BCUT2D eigenvalue weighted by Gasteiger charge is 2.17. The van der Waals surface area contributed by atoms with Gasteiger partial charge in [-0.05, 0) is 36.8 Å². The van der Waals surface area contributed by atoms with Crippen LogP contribution in [0.25, 0.3) is 10.8 Å². The number of carbonyl (C=O) groups excluding carboxylic acids is 1. The molecule has 0 atom stereocenters. The molecule has 0 aliphatic rings. The quantitative estimate of drug-likeness (QED) is 0.435. The second-order valence-corrected chi connectivity index (χ2v) is 8.02. The van der Waals surface area contributed by atoms with Crippen molar-refractivity contribution in [2.45, 2.75) is 43.9 Å². The van der Waals surface area contributed by atoms with Crippen molar-refractivity contribution >= 4 is 26.5 Å². The fourth-order valence-electron chi connectivity index (χ4n) is 2.81. The number of sulfone groups is 1. The summed E-state index contributed by atoms with van der Waals surface area (Å²) in [6.45, 7) is 1.97. The molecule has 2 N–H and O–H groups in total. The van der Waals surface area contributed by atoms with Gasteiger partial charge in [0, 0.05) is 11.8 Å². The molecule has 0 aliphatic heterocycles. The SMILES string of the molecule is Cc1cccc2c(S(=O)(=O)CCCCCCC(=O)NO)cccc12. The highest BCUT2D eigenvalue weighted by Crippen LogP contribution is 2.26. The van der Waals surface area contributed by atoms with Crippen LogP contribution in [0.2, 0.25) is 0 Å². The van der Waals surface area contributed by atoms with Crippen LogP contribution in [0.5, 0.6) is 0 Å². The van der Waals surface area contributed by atoms with E-state index in [0.717, 1.165) is 29.2 Å². The highest BCUT2D eigenvalue weighted by molar-refractivity contribution is 7.91. The summed E-state index contributed by atoms with van der Waals surface area (Å²) in [5, 5.41) is 10.1. The molecule has 5 nitrogen and oxygen atoms in total. The van der Waals surface area contributed by atoms with Gasteiger partial charge >= 0.3 is 0 Å². The molecule has 2 aromatic carbocycles. The van der Waals surface area contributed by atoms with E-state index in [-0.39, 0.29) is 12.2 Å². The Morgan fingerprint density at radius 3 is 2.42 bits per heavy atom. The fourth-order valence-corrected chi connectivity index (χ4v) is 4.41. The van der Waals surface area contributed by atoms with Crippen molar-refractivity contribution in [3.8, 4) is 0 Å². The molecular weight excluding hydrogens is 326 g/mol. The van der Waals surface area contributed by atoms with E-state index in [0.29, 0.717) is 17.7 Å². The molecule has 0 aromatic heterocycles. The van der Waals surface area contributed by atoms with Crippen molar-refractivity contribution in [1.29, 1.82) is 0 Å². The maximum Gasteiger partial charge on any atom is 0.243 e. The zero-order valence-electron chi connectivity index (χ0n) is 13.8. The topological polar surface area (TPSA) is 83.5 Å². The lowest BCUT2D eigenvalue weighted by atomic mass is 10.1. The van der Waals surface area contributed by atoms with Gasteiger partial charge in [0.05, 0.1) is 10.6 Å². The number of rotatable bonds is 8. The summed E-state index contributed by atoms with van der Waals surface area (Å²) in [7, 11) is -3.33. The molecule has 2 rings (SSSR count). The van der Waals surface area contributed by atoms with Crippen LogP contribution >= 0.6 is 0 Å². The molecule has 2 aromatic rings. The van der Waals surface area contributed by atoms with Gasteiger partial charge in [0.25, 0.3) is 0 Å². The first-order valence-electron chi connectivity index (χ1n) is 8.10. The van der Waals surface area contributed by atoms with E-state index in [2.05, 4.69) is 0 Å². The molecule has 0 spiro atoms. The molecule has 0 bridgehead atoms. The van der Waals surface area contributed by atoms with Gasteiger partial charge in [-0.2, -0.15) is 0 Å². The molecule has 130 valence electrons. The summed E-state index contributed by atoms with van der Waals surface area (Å²) in [6.07, 6.45) is 2.95. The van der Waals surface area contributed by atoms with Crippen molar-refractivity contribution in [1.82, 2.24) is 5.48 Å². The largest absolute Gasteiger partial charge is 0.289 e. The summed E-state index contributed by atoms with van der Waals surface area (Å²) in [4.78, 5) is 11.3. The Balaban J connectivity index is 1.99. The summed E-state index contributed by atoms with van der Waals surface area (Å²) in [5.74, 6) is -0.305. The standard InChI is InChI=1S/C18H23NO4S/c1-14-8-6-10-16-15(14)9-7-11-17(16)24(22,23)13-5-3-2-4-12-18(20)19-21/h6-11,21H,2-5,12-13H2,1H3,(H,19,20). The summed E-state index contributed by atoms with van der Waals surface area (Å²) >= 11 is 0. The number of amides is 1. The van der Waals surface area contributed by atoms with Crippen molar-refractivity contribution in [3.05, 3.63) is 42.0 Å². The van der Waals surface area contributed by atoms with Crippen LogP contribution in [0.15, 0.2) is 41.3 Å². The molecule has 24 heavy (non-hydrogen) atoms. The normalized spacial score (nSPS) is 11.6. The third-order valence-corrected chi connectivity index (χ3v) is 5.98. The van der Waals surface area contributed by atoms with E-state index in [4.69, 9.17) is 5.21 Å². The molecule has 0 fully saturated rings. The molecule has 6 heteroatoms. The Bertz CT molecular complexity index is 815. The van der Waals surface area contributed by atoms with E-state index in [1.165, 1.54) is 0 Å². The van der Waals surface area contributed by atoms with Crippen LogP contribution in [-0.2, 0) is 14.6 Å². The Hall–Kier alpha value is -1.92. The Morgan fingerprint density at radius 2 is 1.67 bits per heavy atom. The number of aryl methyl sites for hydroxylation is 1. The van der Waals surface area contributed by atoms with Gasteiger partial charge in [-0.1, -0.05) is 43.2 Å². The van der Waals surface area contributed by atoms with Crippen molar-refractivity contribution in [2.24, 2.45) is 0 Å². The van der Waals surface area contributed by atoms with Gasteiger partial charge in [-0.15, -0.1) is 0 Å². The third-order valence-electron chi connectivity index (χ3n) is 4.13. The van der Waals surface area contributed by atoms with Gasteiger partial charge in [-0.25, -0.2) is 13.9 Å². The summed E-state index contributed by atoms with van der Waals surface area (Å²) in [6, 6.07) is 11.1. The van der Waals surface area contributed by atoms with Crippen LogP contribution in [0, 0.1) is 6.92 Å². The Labute approximate surface area is 142 Å². The van der Waals surface area contributed by atoms with E-state index in [9.17, 15) is 13.2 Å². The highest BCUT2D eigenvalue weighted by atomic mass is 32.2. The predicted molar refractivity (Wildman–Crippen MR) is 93.8 cm³/mol. The minimum absolute atomic E-state index is 0.103. The molecule has 0 radical (unpaired) electrons. The van der Waals surface area contributed by atoms with Gasteiger partial charge in [-0.3, -0.25) is 10.0 Å². The molecule has 1 amide bonds. The van der Waals surface area contributed by atoms with E-state index < -0.39 is 15.7 Å². The molecule has 0 saturated carbocycles. The van der Waals surface area contributed by atoms with E-state index in [1.54, 1.807) is 17.6 Å². The number of fused-ring (bicyclic) bond motifs is 1. The van der Waals surface area contributed by atoms with Crippen LogP contribution in [0.3, 0.4) is 0 Å². The number of hydrogen-bond donors (Lipinski definition) is 2. The average molecular weight is 349 g/mol. The second-order valence-electron chi connectivity index (χ2n) is 5.94. The number of hydrogen-bond acceptors (Lipinski definition) is 4. The van der Waals surface area contributed by atoms with Crippen molar-refractivity contribution < 1.29 is 18.4 Å². The zero-order chi connectivity index (χ0) is 17.6. The number of benzene rings is 2. The Morgan fingerprint density at radius 1 is 1.00 bits per heavy atom. The molecule has 0 saturated heterocycles. The molecular formula is C18H23NO4S. The first kappa shape index (κ1) is 18.4. The number of nitrogens with one attached hydrogen (secondary N) is 1. The fraction of sp³-hybridized carbons (Fsp3) is 0.389. The van der Waals surface area contributed by atoms with Crippen LogP contribution in [0.1, 0.15) is 37.7 Å². The van der Waals surface area contributed by atoms with E-state index in [1.807, 2.05) is 31.2 Å². The predicted octanol–water partition coefficient (Wildman–Crippen LogP) is 3.38. The monoisotopic (exact) mass is 349 g/mol. The minimum atomic E-state index is -3.33. The lowest BCUT2D eigenvalue weighted by Gasteiger charge is -2.09. The van der Waals surface area contributed by atoms with Crippen LogP contribution in [0.4, 0.5) is 0 Å². The molecule has 0 aliphatic carbocycles. The van der Waals surface area contributed by atoms with Gasteiger partial charge in [0.2, 0.25) is 5.91 Å². The number of carbonyl (C=O) groups is 1. The average Bonchev–Trinajstić information content (AvgIpc) is 2.57. The molecule has 0 unspecified atom stereocenters. The maximum atomic E-state index is 12.6. The number of unbranched alkanes of at least 4 members (excludes halogenated alkanes) is 3. The Kier molecular flexibility index (Phi) is 6.34. The molecule has 0 heterocycles. The maximum absolute atomic E-state index is 12.6. The first-order valence-corrected chi connectivity index (χ1v) is 9.75. The zero-order valence-corrected chi connectivity index (χ0v) is 14.6. The number of hydroxylamine groups is 1. The van der Waals surface area contributed by atoms with Crippen LogP contribution in [-0.4, -0.2) is 25.3 Å². The second kappa shape index (κ2) is 8.26. The van der Waals surface area contributed by atoms with Gasteiger partial charge in [0.15, 0.2) is 9.84 Å². The lowest BCUT2D eigenvalue weighted by Crippen LogP contribution is -2.17. The lowest BCUT2D eigenvalue weighted by molar-refractivity contribution is -0.129. The van der Waals surface area contributed by atoms with Crippen molar-refractivity contribution in [3.63, 3.8) is 0 Å². The first-order chi connectivity index (χ1) is 11.5. The van der Waals surface area contributed by atoms with Crippen LogP contribution < -0.4 is 5.48 Å². The summed E-state index contributed by atoms with van der Waals surface area (Å²) < 4.78 is 25.3. The smallest absolute Gasteiger partial charge is 0.243 e. The van der Waals surface area contributed by atoms with Gasteiger partial charge < -0.3 is 0 Å². The van der Waals surface area contributed by atoms with Crippen molar-refractivity contribution in [2.75, 3.05) is 5.75 Å². The van der Waals surface area contributed by atoms with E-state index >= 15 is 0 Å². The summed E-state index contributed by atoms with van der Waals surface area (Å²) in [5.41, 5.74) is 2.65.